The Balaban J connectivity index is 6.49. The van der Waals surface area contributed by atoms with Gasteiger partial charge >= 0.3 is 0 Å². The zero-order chi connectivity index (χ0) is 28.6. The molecule has 0 aliphatic carbocycles. The van der Waals surface area contributed by atoms with Crippen LogP contribution < -0.4 is 10.6 Å². The molecule has 7 heteroatoms. The molecule has 0 aliphatic rings. The highest BCUT2D eigenvalue weighted by atomic mass is 32.2. The summed E-state index contributed by atoms with van der Waals surface area (Å²) in [6.07, 6.45) is 8.52. The summed E-state index contributed by atoms with van der Waals surface area (Å²) in [7, 11) is 0. The molecule has 0 aliphatic heterocycles. The second kappa shape index (κ2) is 17.8. The number of Topliss-reactive ketones (excluding diaryl/α,β-unsaturated/α-hetero) is 1. The quantitative estimate of drug-likeness (QED) is 0.0884. The molecule has 0 fully saturated rings. The van der Waals surface area contributed by atoms with Crippen LogP contribution in [-0.2, 0) is 19.2 Å². The lowest BCUT2D eigenvalue weighted by Crippen LogP contribution is -2.62. The lowest BCUT2D eigenvalue weighted by Gasteiger charge is -2.40. The molecule has 0 aromatic rings. The average molecular weight is 537 g/mol. The van der Waals surface area contributed by atoms with Crippen LogP contribution in [0.4, 0.5) is 0 Å². The number of thioether (sulfide) groups is 1. The van der Waals surface area contributed by atoms with Gasteiger partial charge in [0.25, 0.3) is 0 Å². The number of hydrogen-bond acceptors (Lipinski definition) is 7. The van der Waals surface area contributed by atoms with E-state index in [1.807, 2.05) is 53.7 Å². The number of carbonyl (C=O) groups is 4. The predicted molar refractivity (Wildman–Crippen MR) is 157 cm³/mol. The summed E-state index contributed by atoms with van der Waals surface area (Å²) >= 11 is 1.62. The first-order chi connectivity index (χ1) is 17.3. The Morgan fingerprint density at radius 2 is 1.65 bits per heavy atom. The lowest BCUT2D eigenvalue weighted by atomic mass is 9.81. The van der Waals surface area contributed by atoms with Crippen LogP contribution >= 0.6 is 11.8 Å². The van der Waals surface area contributed by atoms with Crippen molar-refractivity contribution >= 4 is 36.4 Å². The average Bonchev–Trinajstić information content (AvgIpc) is 2.83. The summed E-state index contributed by atoms with van der Waals surface area (Å²) in [6.45, 7) is 18.6. The van der Waals surface area contributed by atoms with Crippen LogP contribution in [0.15, 0.2) is 23.3 Å². The van der Waals surface area contributed by atoms with E-state index in [1.54, 1.807) is 18.7 Å². The predicted octanol–water partition coefficient (Wildman–Crippen LogP) is 5.35. The van der Waals surface area contributed by atoms with Gasteiger partial charge in [0, 0.05) is 36.4 Å². The van der Waals surface area contributed by atoms with Crippen molar-refractivity contribution in [2.24, 2.45) is 17.8 Å². The highest BCUT2D eigenvalue weighted by Gasteiger charge is 2.42. The first-order valence-electron chi connectivity index (χ1n) is 13.7. The van der Waals surface area contributed by atoms with E-state index in [1.165, 1.54) is 0 Å². The van der Waals surface area contributed by atoms with Crippen molar-refractivity contribution in [1.82, 2.24) is 10.6 Å². The number of allylic oxidation sites excluding steroid dienone is 2. The van der Waals surface area contributed by atoms with E-state index < -0.39 is 11.1 Å². The van der Waals surface area contributed by atoms with Gasteiger partial charge in [0.15, 0.2) is 5.78 Å². The lowest BCUT2D eigenvalue weighted by molar-refractivity contribution is -0.115. The van der Waals surface area contributed by atoms with E-state index in [0.29, 0.717) is 42.2 Å². The van der Waals surface area contributed by atoms with Crippen LogP contribution in [0, 0.1) is 17.8 Å². The SMILES string of the molecule is CCCC(=O)C(C)=C(C)C(C=O)(CSCCNC(C)C)NC(C=O)(C=CCC(C=O)C(C)C)CC(C)C. The molecule has 3 atom stereocenters. The summed E-state index contributed by atoms with van der Waals surface area (Å²) < 4.78 is 0. The summed E-state index contributed by atoms with van der Waals surface area (Å²) in [4.78, 5) is 49.9. The molecule has 0 spiro atoms. The van der Waals surface area contributed by atoms with E-state index in [9.17, 15) is 19.2 Å². The van der Waals surface area contributed by atoms with Gasteiger partial charge in [-0.3, -0.25) is 10.1 Å². The molecule has 6 nitrogen and oxygen atoms in total. The van der Waals surface area contributed by atoms with Gasteiger partial charge in [-0.05, 0) is 56.1 Å². The highest BCUT2D eigenvalue weighted by Crippen LogP contribution is 2.30. The fourth-order valence-corrected chi connectivity index (χ4v) is 5.38. The van der Waals surface area contributed by atoms with Gasteiger partial charge in [-0.1, -0.05) is 60.6 Å². The van der Waals surface area contributed by atoms with Gasteiger partial charge in [0.2, 0.25) is 0 Å². The van der Waals surface area contributed by atoms with Crippen molar-refractivity contribution in [3.05, 3.63) is 23.3 Å². The number of hydrogen-bond donors (Lipinski definition) is 2. The maximum Gasteiger partial charge on any atom is 0.158 e. The molecule has 0 saturated carbocycles. The third kappa shape index (κ3) is 12.2. The fraction of sp³-hybridized carbons (Fsp3) is 0.733. The summed E-state index contributed by atoms with van der Waals surface area (Å²) in [6, 6.07) is 0.366. The number of aldehydes is 3. The van der Waals surface area contributed by atoms with Gasteiger partial charge in [-0.25, -0.2) is 0 Å². The molecular weight excluding hydrogens is 484 g/mol. The molecular formula is C30H52N2O4S. The Labute approximate surface area is 230 Å². The minimum Gasteiger partial charge on any atom is -0.314 e. The van der Waals surface area contributed by atoms with E-state index >= 15 is 0 Å². The second-order valence-electron chi connectivity index (χ2n) is 11.2. The third-order valence-corrected chi connectivity index (χ3v) is 7.88. The van der Waals surface area contributed by atoms with E-state index in [2.05, 4.69) is 24.5 Å². The zero-order valence-electron chi connectivity index (χ0n) is 24.7. The number of carbonyl (C=O) groups excluding carboxylic acids is 4. The molecule has 0 aromatic heterocycles. The molecule has 0 amide bonds. The number of nitrogens with one attached hydrogen (secondary N) is 2. The number of ketones is 1. The maximum absolute atomic E-state index is 12.9. The van der Waals surface area contributed by atoms with E-state index in [4.69, 9.17) is 0 Å². The van der Waals surface area contributed by atoms with Crippen molar-refractivity contribution in [3.8, 4) is 0 Å². The van der Waals surface area contributed by atoms with Gasteiger partial charge in [-0.15, -0.1) is 0 Å². The summed E-state index contributed by atoms with van der Waals surface area (Å²) in [5.74, 6) is 1.40. The van der Waals surface area contributed by atoms with Crippen LogP contribution in [0.5, 0.6) is 0 Å². The zero-order valence-corrected chi connectivity index (χ0v) is 25.5. The van der Waals surface area contributed by atoms with Crippen LogP contribution in [0.3, 0.4) is 0 Å². The van der Waals surface area contributed by atoms with Crippen molar-refractivity contribution in [2.45, 2.75) is 105 Å². The first-order valence-corrected chi connectivity index (χ1v) is 14.9. The minimum atomic E-state index is -1.20. The molecule has 0 rings (SSSR count). The molecule has 0 bridgehead atoms. The maximum atomic E-state index is 12.9. The minimum absolute atomic E-state index is 0.0152. The topological polar surface area (TPSA) is 92.3 Å². The van der Waals surface area contributed by atoms with Gasteiger partial charge in [0.05, 0.1) is 5.54 Å². The van der Waals surface area contributed by atoms with Gasteiger partial charge in [0.1, 0.15) is 24.4 Å². The van der Waals surface area contributed by atoms with Crippen molar-refractivity contribution in [3.63, 3.8) is 0 Å². The Morgan fingerprint density at radius 3 is 2.11 bits per heavy atom. The van der Waals surface area contributed by atoms with Gasteiger partial charge in [-0.2, -0.15) is 11.8 Å². The molecule has 37 heavy (non-hydrogen) atoms. The van der Waals surface area contributed by atoms with Crippen LogP contribution in [0.25, 0.3) is 0 Å². The van der Waals surface area contributed by atoms with Crippen molar-refractivity contribution in [2.75, 3.05) is 18.1 Å². The van der Waals surface area contributed by atoms with Crippen LogP contribution in [0.2, 0.25) is 0 Å². The molecule has 212 valence electrons. The normalized spacial score (nSPS) is 17.0. The second-order valence-corrected chi connectivity index (χ2v) is 12.3. The molecule has 0 aromatic carbocycles. The first kappa shape index (κ1) is 35.4. The molecule has 2 N–H and O–H groups in total. The highest BCUT2D eigenvalue weighted by molar-refractivity contribution is 7.99. The Kier molecular flexibility index (Phi) is 17.1. The largest absolute Gasteiger partial charge is 0.314 e. The van der Waals surface area contributed by atoms with Crippen LogP contribution in [-0.4, -0.2) is 59.8 Å². The molecule has 3 unspecified atom stereocenters. The van der Waals surface area contributed by atoms with E-state index in [-0.39, 0.29) is 23.5 Å². The van der Waals surface area contributed by atoms with E-state index in [0.717, 1.165) is 37.6 Å². The number of rotatable bonds is 21. The standard InChI is InChI=1S/C30H52N2O4S/c1-10-12-28(36)25(8)26(9)30(20-35,21-37-16-15-31-24(6)7)32-29(19-34,17-22(2)3)14-11-13-27(18-33)23(4)5/h11,14,18-20,22-24,27,31-32H,10,12-13,15-17,21H2,1-9H3. The summed E-state index contributed by atoms with van der Waals surface area (Å²) in [5.41, 5.74) is -1.10. The third-order valence-electron chi connectivity index (χ3n) is 6.72. The molecule has 0 heterocycles. The van der Waals surface area contributed by atoms with Crippen LogP contribution in [0.1, 0.15) is 88.0 Å². The Bertz CT molecular complexity index is 790. The summed E-state index contributed by atoms with van der Waals surface area (Å²) in [5, 5.41) is 6.83. The molecule has 0 radical (unpaired) electrons. The monoisotopic (exact) mass is 536 g/mol. The Morgan fingerprint density at radius 1 is 1.00 bits per heavy atom. The van der Waals surface area contributed by atoms with Crippen molar-refractivity contribution in [1.29, 1.82) is 0 Å². The van der Waals surface area contributed by atoms with Gasteiger partial charge < -0.3 is 19.7 Å². The smallest absolute Gasteiger partial charge is 0.158 e. The molecule has 0 saturated heterocycles. The fourth-order valence-electron chi connectivity index (χ4n) is 4.29. The Hall–Kier alpha value is -1.57. The van der Waals surface area contributed by atoms with Crippen molar-refractivity contribution < 1.29 is 19.2 Å².